The van der Waals surface area contributed by atoms with Crippen LogP contribution in [0.4, 0.5) is 0 Å². The first kappa shape index (κ1) is 13.9. The van der Waals surface area contributed by atoms with Gasteiger partial charge < -0.3 is 9.84 Å². The Bertz CT molecular complexity index is 537. The van der Waals surface area contributed by atoms with Crippen molar-refractivity contribution in [2.45, 2.75) is 12.5 Å². The summed E-state index contributed by atoms with van der Waals surface area (Å²) >= 11 is 2.21. The molecule has 0 fully saturated rings. The van der Waals surface area contributed by atoms with Gasteiger partial charge in [0, 0.05) is 9.99 Å². The number of ether oxygens (including phenoxy) is 1. The maximum atomic E-state index is 11.2. The van der Waals surface area contributed by atoms with Crippen LogP contribution in [-0.2, 0) is 11.2 Å². The number of carboxylic acids is 1. The largest absolute Gasteiger partial charge is 0.478 e. The number of halogens is 1. The summed E-state index contributed by atoms with van der Waals surface area (Å²) in [6, 6.07) is 16.8. The zero-order chi connectivity index (χ0) is 13.7. The van der Waals surface area contributed by atoms with E-state index in [1.54, 1.807) is 12.1 Å². The quantitative estimate of drug-likeness (QED) is 0.824. The van der Waals surface area contributed by atoms with Crippen LogP contribution >= 0.6 is 22.6 Å². The Labute approximate surface area is 125 Å². The summed E-state index contributed by atoms with van der Waals surface area (Å²) in [6.07, 6.45) is -0.524. The van der Waals surface area contributed by atoms with Crippen molar-refractivity contribution in [2.24, 2.45) is 0 Å². The Hall–Kier alpha value is -1.56. The van der Waals surface area contributed by atoms with E-state index in [0.29, 0.717) is 12.2 Å². The Morgan fingerprint density at radius 3 is 2.32 bits per heavy atom. The second kappa shape index (κ2) is 6.56. The Kier molecular flexibility index (Phi) is 4.79. The van der Waals surface area contributed by atoms with E-state index in [0.717, 1.165) is 9.13 Å². The predicted octanol–water partition coefficient (Wildman–Crippen LogP) is 3.37. The third-order valence-electron chi connectivity index (χ3n) is 2.63. The van der Waals surface area contributed by atoms with Gasteiger partial charge in [-0.2, -0.15) is 0 Å². The molecule has 1 atom stereocenters. The van der Waals surface area contributed by atoms with Crippen LogP contribution in [0.15, 0.2) is 54.6 Å². The smallest absolute Gasteiger partial charge is 0.345 e. The van der Waals surface area contributed by atoms with Gasteiger partial charge in [-0.3, -0.25) is 0 Å². The molecule has 1 N–H and O–H groups in total. The van der Waals surface area contributed by atoms with E-state index in [1.165, 1.54) is 0 Å². The molecule has 0 amide bonds. The van der Waals surface area contributed by atoms with Crippen molar-refractivity contribution in [3.63, 3.8) is 0 Å². The van der Waals surface area contributed by atoms with E-state index in [-0.39, 0.29) is 0 Å². The average Bonchev–Trinajstić information content (AvgIpc) is 2.41. The minimum Gasteiger partial charge on any atom is -0.478 e. The van der Waals surface area contributed by atoms with E-state index in [4.69, 9.17) is 4.74 Å². The van der Waals surface area contributed by atoms with E-state index in [1.807, 2.05) is 42.5 Å². The molecule has 3 nitrogen and oxygen atoms in total. The molecular weight excluding hydrogens is 355 g/mol. The number of carbonyl (C=O) groups is 1. The second-order valence-corrected chi connectivity index (χ2v) is 5.33. The first-order chi connectivity index (χ1) is 9.15. The molecule has 0 bridgehead atoms. The molecule has 0 aromatic heterocycles. The standard InChI is InChI=1S/C15H13IO3/c16-12-8-6-11(7-9-12)10-14(15(17)18)19-13-4-2-1-3-5-13/h1-9,14H,10H2,(H,17,18)/t14-/m1/s1. The normalized spacial score (nSPS) is 11.8. The van der Waals surface area contributed by atoms with E-state index in [2.05, 4.69) is 22.6 Å². The topological polar surface area (TPSA) is 46.5 Å². The fraction of sp³-hybridized carbons (Fsp3) is 0.133. The molecule has 19 heavy (non-hydrogen) atoms. The Balaban J connectivity index is 2.08. The highest BCUT2D eigenvalue weighted by Gasteiger charge is 2.19. The molecule has 0 aliphatic rings. The van der Waals surface area contributed by atoms with Gasteiger partial charge in [0.15, 0.2) is 6.10 Å². The molecule has 0 radical (unpaired) electrons. The molecule has 98 valence electrons. The van der Waals surface area contributed by atoms with E-state index >= 15 is 0 Å². The maximum Gasteiger partial charge on any atom is 0.345 e. The molecule has 0 heterocycles. The highest BCUT2D eigenvalue weighted by Crippen LogP contribution is 2.15. The number of benzene rings is 2. The van der Waals surface area contributed by atoms with Crippen LogP contribution in [0.2, 0.25) is 0 Å². The highest BCUT2D eigenvalue weighted by atomic mass is 127. The second-order valence-electron chi connectivity index (χ2n) is 4.09. The summed E-state index contributed by atoms with van der Waals surface area (Å²) in [4.78, 5) is 11.2. The number of hydrogen-bond acceptors (Lipinski definition) is 2. The molecule has 0 aliphatic heterocycles. The summed E-state index contributed by atoms with van der Waals surface area (Å²) < 4.78 is 6.63. The van der Waals surface area contributed by atoms with Gasteiger partial charge in [-0.25, -0.2) is 4.79 Å². The number of para-hydroxylation sites is 1. The number of hydrogen-bond donors (Lipinski definition) is 1. The van der Waals surface area contributed by atoms with Crippen molar-refractivity contribution in [1.82, 2.24) is 0 Å². The van der Waals surface area contributed by atoms with Crippen molar-refractivity contribution in [3.8, 4) is 5.75 Å². The first-order valence-electron chi connectivity index (χ1n) is 5.84. The van der Waals surface area contributed by atoms with Gasteiger partial charge in [0.25, 0.3) is 0 Å². The van der Waals surface area contributed by atoms with Gasteiger partial charge in [-0.1, -0.05) is 30.3 Å². The molecule has 0 spiro atoms. The lowest BCUT2D eigenvalue weighted by atomic mass is 10.1. The lowest BCUT2D eigenvalue weighted by Crippen LogP contribution is -2.29. The van der Waals surface area contributed by atoms with Gasteiger partial charge in [0.1, 0.15) is 5.75 Å². The highest BCUT2D eigenvalue weighted by molar-refractivity contribution is 14.1. The van der Waals surface area contributed by atoms with Crippen LogP contribution in [0.5, 0.6) is 5.75 Å². The van der Waals surface area contributed by atoms with Crippen LogP contribution < -0.4 is 4.74 Å². The third kappa shape index (κ3) is 4.24. The lowest BCUT2D eigenvalue weighted by molar-refractivity contribution is -0.145. The van der Waals surface area contributed by atoms with Crippen LogP contribution in [0, 0.1) is 3.57 Å². The Morgan fingerprint density at radius 2 is 1.74 bits per heavy atom. The molecule has 0 unspecified atom stereocenters. The van der Waals surface area contributed by atoms with Gasteiger partial charge in [0.05, 0.1) is 0 Å². The minimum absolute atomic E-state index is 0.348. The van der Waals surface area contributed by atoms with Gasteiger partial charge in [-0.05, 0) is 52.4 Å². The number of aliphatic carboxylic acids is 1. The average molecular weight is 368 g/mol. The van der Waals surface area contributed by atoms with Gasteiger partial charge >= 0.3 is 5.97 Å². The molecule has 0 saturated carbocycles. The fourth-order valence-electron chi connectivity index (χ4n) is 1.68. The summed E-state index contributed by atoms with van der Waals surface area (Å²) in [5, 5.41) is 9.22. The molecule has 0 saturated heterocycles. The minimum atomic E-state index is -0.956. The molecule has 4 heteroatoms. The van der Waals surface area contributed by atoms with Crippen LogP contribution in [0.3, 0.4) is 0 Å². The van der Waals surface area contributed by atoms with Crippen molar-refractivity contribution in [2.75, 3.05) is 0 Å². The summed E-state index contributed by atoms with van der Waals surface area (Å²) in [7, 11) is 0. The summed E-state index contributed by atoms with van der Waals surface area (Å²) in [6.45, 7) is 0. The zero-order valence-corrected chi connectivity index (χ0v) is 12.3. The summed E-state index contributed by atoms with van der Waals surface area (Å²) in [5.41, 5.74) is 0.948. The monoisotopic (exact) mass is 368 g/mol. The number of rotatable bonds is 5. The van der Waals surface area contributed by atoms with Gasteiger partial charge in [-0.15, -0.1) is 0 Å². The SMILES string of the molecule is O=C(O)[C@@H](Cc1ccc(I)cc1)Oc1ccccc1. The molecule has 2 aromatic rings. The van der Waals surface area contributed by atoms with E-state index < -0.39 is 12.1 Å². The number of carboxylic acid groups (broad SMARTS) is 1. The predicted molar refractivity (Wildman–Crippen MR) is 81.4 cm³/mol. The molecular formula is C15H13IO3. The third-order valence-corrected chi connectivity index (χ3v) is 3.35. The molecule has 2 rings (SSSR count). The zero-order valence-electron chi connectivity index (χ0n) is 10.1. The van der Waals surface area contributed by atoms with Crippen LogP contribution in [0.1, 0.15) is 5.56 Å². The molecule has 2 aromatic carbocycles. The van der Waals surface area contributed by atoms with Crippen molar-refractivity contribution in [3.05, 3.63) is 63.7 Å². The van der Waals surface area contributed by atoms with Crippen molar-refractivity contribution >= 4 is 28.6 Å². The maximum absolute atomic E-state index is 11.2. The van der Waals surface area contributed by atoms with E-state index in [9.17, 15) is 9.90 Å². The fourth-order valence-corrected chi connectivity index (χ4v) is 2.04. The molecule has 0 aliphatic carbocycles. The van der Waals surface area contributed by atoms with Crippen molar-refractivity contribution in [1.29, 1.82) is 0 Å². The first-order valence-corrected chi connectivity index (χ1v) is 6.92. The van der Waals surface area contributed by atoms with Gasteiger partial charge in [0.2, 0.25) is 0 Å². The van der Waals surface area contributed by atoms with Crippen molar-refractivity contribution < 1.29 is 14.6 Å². The lowest BCUT2D eigenvalue weighted by Gasteiger charge is -2.15. The van der Waals surface area contributed by atoms with Crippen LogP contribution in [-0.4, -0.2) is 17.2 Å². The van der Waals surface area contributed by atoms with Crippen LogP contribution in [0.25, 0.3) is 0 Å². The summed E-state index contributed by atoms with van der Waals surface area (Å²) in [5.74, 6) is -0.386. The Morgan fingerprint density at radius 1 is 1.11 bits per heavy atom.